The molecule has 226 valence electrons. The Labute approximate surface area is 243 Å². The summed E-state index contributed by atoms with van der Waals surface area (Å²) in [5.41, 5.74) is 0.696. The number of aliphatic hydroxyl groups excluding tert-OH is 1. The third-order valence-corrected chi connectivity index (χ3v) is 6.41. The van der Waals surface area contributed by atoms with Gasteiger partial charge in [-0.1, -0.05) is 38.7 Å². The van der Waals surface area contributed by atoms with Gasteiger partial charge in [0.25, 0.3) is 5.91 Å². The van der Waals surface area contributed by atoms with Crippen molar-refractivity contribution in [2.45, 2.75) is 84.4 Å². The molecule has 2 aromatic carbocycles. The first-order valence-corrected chi connectivity index (χ1v) is 14.1. The number of methoxy groups -OCH3 is 1. The summed E-state index contributed by atoms with van der Waals surface area (Å²) < 4.78 is 10.5. The number of aryl methyl sites for hydroxylation is 1. The SMILES string of the molecule is CCCCCCCN(C(=O)C(CO)NC(=O)OC(C)(C)C)C(C(=O)Nc1ccc(OC)cc1)c1ccc(O)c(C)c1. The predicted molar refractivity (Wildman–Crippen MR) is 158 cm³/mol. The smallest absolute Gasteiger partial charge is 0.408 e. The number of anilines is 1. The van der Waals surface area contributed by atoms with E-state index in [2.05, 4.69) is 17.6 Å². The Hall–Kier alpha value is -3.79. The zero-order valence-corrected chi connectivity index (χ0v) is 25.0. The lowest BCUT2D eigenvalue weighted by atomic mass is 9.99. The maximum atomic E-state index is 14.0. The molecule has 0 bridgehead atoms. The number of nitrogens with zero attached hydrogens (tertiary/aromatic N) is 1. The zero-order valence-electron chi connectivity index (χ0n) is 25.0. The maximum absolute atomic E-state index is 14.0. The van der Waals surface area contributed by atoms with Crippen molar-refractivity contribution in [2.24, 2.45) is 0 Å². The van der Waals surface area contributed by atoms with Gasteiger partial charge in [-0.15, -0.1) is 0 Å². The van der Waals surface area contributed by atoms with Crippen molar-refractivity contribution in [3.05, 3.63) is 53.6 Å². The van der Waals surface area contributed by atoms with E-state index in [0.29, 0.717) is 29.0 Å². The van der Waals surface area contributed by atoms with Crippen LogP contribution in [0.3, 0.4) is 0 Å². The number of aromatic hydroxyl groups is 1. The highest BCUT2D eigenvalue weighted by atomic mass is 16.6. The Balaban J connectivity index is 2.49. The van der Waals surface area contributed by atoms with Crippen LogP contribution in [0.2, 0.25) is 0 Å². The standard InChI is InChI=1S/C31H45N3O7/c1-7-8-9-10-11-18-34(29(38)25(20-35)33-30(39)41-31(3,4)5)27(22-12-17-26(36)21(2)19-22)28(37)32-23-13-15-24(40-6)16-14-23/h12-17,19,25,27,35-36H,7-11,18,20H2,1-6H3,(H,32,37)(H,33,39). The lowest BCUT2D eigenvalue weighted by molar-refractivity contribution is -0.141. The zero-order chi connectivity index (χ0) is 30.6. The average Bonchev–Trinajstić information content (AvgIpc) is 2.91. The summed E-state index contributed by atoms with van der Waals surface area (Å²) in [5, 5.41) is 25.6. The topological polar surface area (TPSA) is 137 Å². The Morgan fingerprint density at radius 2 is 1.66 bits per heavy atom. The highest BCUT2D eigenvalue weighted by molar-refractivity contribution is 5.99. The van der Waals surface area contributed by atoms with Crippen molar-refractivity contribution in [3.63, 3.8) is 0 Å². The fraction of sp³-hybridized carbons (Fsp3) is 0.516. The van der Waals surface area contributed by atoms with E-state index in [1.165, 1.54) is 11.0 Å². The first-order chi connectivity index (χ1) is 19.4. The largest absolute Gasteiger partial charge is 0.508 e. The number of phenolic OH excluding ortho intramolecular Hbond substituents is 1. The Kier molecular flexibility index (Phi) is 12.9. The number of hydrogen-bond donors (Lipinski definition) is 4. The molecule has 0 aliphatic carbocycles. The second-order valence-corrected chi connectivity index (χ2v) is 11.0. The molecule has 0 aliphatic rings. The van der Waals surface area contributed by atoms with Crippen LogP contribution in [0.4, 0.5) is 10.5 Å². The van der Waals surface area contributed by atoms with E-state index in [0.717, 1.165) is 25.7 Å². The number of amides is 3. The highest BCUT2D eigenvalue weighted by Crippen LogP contribution is 2.29. The first-order valence-electron chi connectivity index (χ1n) is 14.1. The van der Waals surface area contributed by atoms with Crippen molar-refractivity contribution in [1.82, 2.24) is 10.2 Å². The minimum atomic E-state index is -1.34. The van der Waals surface area contributed by atoms with E-state index in [1.54, 1.807) is 71.2 Å². The second-order valence-electron chi connectivity index (χ2n) is 11.0. The van der Waals surface area contributed by atoms with E-state index >= 15 is 0 Å². The van der Waals surface area contributed by atoms with E-state index in [1.807, 2.05) is 0 Å². The molecular formula is C31H45N3O7. The molecule has 0 spiro atoms. The number of alkyl carbamates (subject to hydrolysis) is 1. The van der Waals surface area contributed by atoms with Crippen molar-refractivity contribution in [2.75, 3.05) is 25.6 Å². The van der Waals surface area contributed by atoms with Crippen LogP contribution < -0.4 is 15.4 Å². The Bertz CT molecular complexity index is 1150. The summed E-state index contributed by atoms with van der Waals surface area (Å²) in [4.78, 5) is 41.7. The highest BCUT2D eigenvalue weighted by Gasteiger charge is 2.36. The molecule has 2 atom stereocenters. The molecule has 0 aliphatic heterocycles. The van der Waals surface area contributed by atoms with Gasteiger partial charge in [0.2, 0.25) is 5.91 Å². The first kappa shape index (κ1) is 33.4. The van der Waals surface area contributed by atoms with E-state index in [4.69, 9.17) is 9.47 Å². The van der Waals surface area contributed by atoms with E-state index in [9.17, 15) is 24.6 Å². The molecule has 10 nitrogen and oxygen atoms in total. The molecule has 0 heterocycles. The third-order valence-electron chi connectivity index (χ3n) is 6.41. The number of hydrogen-bond acceptors (Lipinski definition) is 7. The molecule has 2 aromatic rings. The molecule has 41 heavy (non-hydrogen) atoms. The summed E-state index contributed by atoms with van der Waals surface area (Å²) in [5.74, 6) is -0.442. The number of unbranched alkanes of at least 4 members (excludes halogenated alkanes) is 4. The average molecular weight is 572 g/mol. The maximum Gasteiger partial charge on any atom is 0.408 e. The van der Waals surface area contributed by atoms with Gasteiger partial charge in [-0.3, -0.25) is 9.59 Å². The van der Waals surface area contributed by atoms with Crippen LogP contribution in [0, 0.1) is 6.92 Å². The number of carbonyl (C=O) groups is 3. The molecule has 10 heteroatoms. The summed E-state index contributed by atoms with van der Waals surface area (Å²) in [6.45, 7) is 8.40. The molecule has 0 aromatic heterocycles. The van der Waals surface area contributed by atoms with E-state index < -0.39 is 42.2 Å². The van der Waals surface area contributed by atoms with Crippen LogP contribution in [0.25, 0.3) is 0 Å². The van der Waals surface area contributed by atoms with Gasteiger partial charge < -0.3 is 35.2 Å². The number of benzene rings is 2. The summed E-state index contributed by atoms with van der Waals surface area (Å²) in [6.07, 6.45) is 3.66. The summed E-state index contributed by atoms with van der Waals surface area (Å²) >= 11 is 0. The lowest BCUT2D eigenvalue weighted by Crippen LogP contribution is -2.54. The van der Waals surface area contributed by atoms with Gasteiger partial charge in [0, 0.05) is 12.2 Å². The van der Waals surface area contributed by atoms with Crippen molar-refractivity contribution in [3.8, 4) is 11.5 Å². The Morgan fingerprint density at radius 3 is 2.22 bits per heavy atom. The minimum absolute atomic E-state index is 0.0559. The molecule has 0 saturated carbocycles. The fourth-order valence-corrected chi connectivity index (χ4v) is 4.29. The van der Waals surface area contributed by atoms with Crippen molar-refractivity contribution < 1.29 is 34.1 Å². The van der Waals surface area contributed by atoms with Gasteiger partial charge in [-0.25, -0.2) is 4.79 Å². The third kappa shape index (κ3) is 10.6. The van der Waals surface area contributed by atoms with Crippen LogP contribution in [0.15, 0.2) is 42.5 Å². The molecular weight excluding hydrogens is 526 g/mol. The molecule has 0 fully saturated rings. The number of rotatable bonds is 14. The van der Waals surface area contributed by atoms with Crippen LogP contribution in [-0.2, 0) is 14.3 Å². The predicted octanol–water partition coefficient (Wildman–Crippen LogP) is 5.07. The molecule has 2 unspecified atom stereocenters. The second kappa shape index (κ2) is 15.9. The van der Waals surface area contributed by atoms with Gasteiger partial charge in [0.15, 0.2) is 0 Å². The number of ether oxygens (including phenoxy) is 2. The fourth-order valence-electron chi connectivity index (χ4n) is 4.29. The number of carbonyl (C=O) groups excluding carboxylic acids is 3. The molecule has 2 rings (SSSR count). The number of phenols is 1. The number of nitrogens with one attached hydrogen (secondary N) is 2. The van der Waals surface area contributed by atoms with Gasteiger partial charge in [0.1, 0.15) is 29.2 Å². The van der Waals surface area contributed by atoms with Gasteiger partial charge in [-0.05, 0) is 81.6 Å². The summed E-state index contributed by atoms with van der Waals surface area (Å²) in [7, 11) is 1.55. The van der Waals surface area contributed by atoms with Crippen LogP contribution >= 0.6 is 0 Å². The molecule has 0 saturated heterocycles. The van der Waals surface area contributed by atoms with Gasteiger partial charge >= 0.3 is 6.09 Å². The Morgan fingerprint density at radius 1 is 1.00 bits per heavy atom. The summed E-state index contributed by atoms with van der Waals surface area (Å²) in [6, 6.07) is 9.05. The van der Waals surface area contributed by atoms with Crippen LogP contribution in [0.5, 0.6) is 11.5 Å². The van der Waals surface area contributed by atoms with Gasteiger partial charge in [0.05, 0.1) is 13.7 Å². The lowest BCUT2D eigenvalue weighted by Gasteiger charge is -2.34. The van der Waals surface area contributed by atoms with Gasteiger partial charge in [-0.2, -0.15) is 0 Å². The van der Waals surface area contributed by atoms with Crippen molar-refractivity contribution in [1.29, 1.82) is 0 Å². The van der Waals surface area contributed by atoms with Crippen LogP contribution in [0.1, 0.15) is 77.0 Å². The quantitative estimate of drug-likeness (QED) is 0.232. The number of aliphatic hydroxyl groups is 1. The van der Waals surface area contributed by atoms with Crippen molar-refractivity contribution >= 4 is 23.6 Å². The normalized spacial score (nSPS) is 12.7. The monoisotopic (exact) mass is 571 g/mol. The molecule has 0 radical (unpaired) electrons. The minimum Gasteiger partial charge on any atom is -0.508 e. The van der Waals surface area contributed by atoms with E-state index in [-0.39, 0.29) is 12.3 Å². The molecule has 3 amide bonds. The van der Waals surface area contributed by atoms with Crippen LogP contribution in [-0.4, -0.2) is 64.9 Å². The molecule has 4 N–H and O–H groups in total.